The lowest BCUT2D eigenvalue weighted by atomic mass is 10.0. The van der Waals surface area contributed by atoms with Gasteiger partial charge >= 0.3 is 0 Å². The molecule has 0 heterocycles. The molecule has 0 aliphatic heterocycles. The van der Waals surface area contributed by atoms with Gasteiger partial charge in [0, 0.05) is 24.7 Å². The van der Waals surface area contributed by atoms with Gasteiger partial charge in [-0.3, -0.25) is 9.59 Å². The topological polar surface area (TPSA) is 69.6 Å². The van der Waals surface area contributed by atoms with E-state index >= 15 is 0 Å². The highest BCUT2D eigenvalue weighted by molar-refractivity contribution is 5.98. The van der Waals surface area contributed by atoms with Gasteiger partial charge in [0.1, 0.15) is 6.61 Å². The Kier molecular flexibility index (Phi) is 6.44. The summed E-state index contributed by atoms with van der Waals surface area (Å²) in [5, 5.41) is 11.2. The molecular weight excluding hydrogens is 268 g/mol. The van der Waals surface area contributed by atoms with E-state index in [1.165, 1.54) is 11.9 Å². The molecule has 0 bridgehead atoms. The Morgan fingerprint density at radius 2 is 2.10 bits per heavy atom. The Morgan fingerprint density at radius 3 is 2.67 bits per heavy atom. The highest BCUT2D eigenvalue weighted by atomic mass is 16.2. The van der Waals surface area contributed by atoms with Gasteiger partial charge in [0.15, 0.2) is 0 Å². The van der Waals surface area contributed by atoms with Crippen molar-refractivity contribution in [3.05, 3.63) is 34.9 Å². The summed E-state index contributed by atoms with van der Waals surface area (Å²) in [6.45, 7) is 3.90. The molecule has 0 aliphatic carbocycles. The van der Waals surface area contributed by atoms with E-state index in [0.29, 0.717) is 17.7 Å². The molecule has 5 nitrogen and oxygen atoms in total. The SMILES string of the molecule is CCN(CC(=O)NC)C(=O)c1cc(C#CCO)ccc1C. The van der Waals surface area contributed by atoms with Crippen LogP contribution >= 0.6 is 0 Å². The maximum Gasteiger partial charge on any atom is 0.254 e. The number of aryl methyl sites for hydroxylation is 1. The molecule has 21 heavy (non-hydrogen) atoms. The highest BCUT2D eigenvalue weighted by Gasteiger charge is 2.18. The van der Waals surface area contributed by atoms with Crippen molar-refractivity contribution in [3.8, 4) is 11.8 Å². The van der Waals surface area contributed by atoms with Crippen LogP contribution in [0.25, 0.3) is 0 Å². The lowest BCUT2D eigenvalue weighted by Gasteiger charge is -2.21. The maximum absolute atomic E-state index is 12.5. The minimum absolute atomic E-state index is 0.0256. The third-order valence-corrected chi connectivity index (χ3v) is 3.06. The second-order valence-electron chi connectivity index (χ2n) is 4.48. The first-order valence-electron chi connectivity index (χ1n) is 6.73. The Bertz CT molecular complexity index is 585. The second kappa shape index (κ2) is 8.08. The summed E-state index contributed by atoms with van der Waals surface area (Å²) < 4.78 is 0. The predicted octanol–water partition coefficient (Wildman–Crippen LogP) is 0.547. The molecule has 0 atom stereocenters. The van der Waals surface area contributed by atoms with Gasteiger partial charge in [0.05, 0.1) is 6.54 Å². The number of carbonyl (C=O) groups is 2. The summed E-state index contributed by atoms with van der Waals surface area (Å²) in [6, 6.07) is 5.29. The van der Waals surface area contributed by atoms with Crippen LogP contribution in [0.2, 0.25) is 0 Å². The predicted molar refractivity (Wildman–Crippen MR) is 80.8 cm³/mol. The van der Waals surface area contributed by atoms with E-state index in [1.54, 1.807) is 12.1 Å². The average molecular weight is 288 g/mol. The van der Waals surface area contributed by atoms with Crippen molar-refractivity contribution >= 4 is 11.8 Å². The van der Waals surface area contributed by atoms with E-state index in [-0.39, 0.29) is 25.0 Å². The number of nitrogens with zero attached hydrogens (tertiary/aromatic N) is 1. The molecule has 0 fully saturated rings. The van der Waals surface area contributed by atoms with Crippen molar-refractivity contribution in [1.82, 2.24) is 10.2 Å². The molecule has 0 aromatic heterocycles. The zero-order valence-corrected chi connectivity index (χ0v) is 12.6. The van der Waals surface area contributed by atoms with Crippen molar-refractivity contribution in [2.24, 2.45) is 0 Å². The van der Waals surface area contributed by atoms with Gasteiger partial charge < -0.3 is 15.3 Å². The Hall–Kier alpha value is -2.32. The van der Waals surface area contributed by atoms with Crippen molar-refractivity contribution in [2.75, 3.05) is 26.7 Å². The zero-order chi connectivity index (χ0) is 15.8. The third-order valence-electron chi connectivity index (χ3n) is 3.06. The van der Waals surface area contributed by atoms with Gasteiger partial charge in [-0.05, 0) is 31.5 Å². The second-order valence-corrected chi connectivity index (χ2v) is 4.48. The fraction of sp³-hybridized carbons (Fsp3) is 0.375. The van der Waals surface area contributed by atoms with Gasteiger partial charge in [0.25, 0.3) is 5.91 Å². The number of carbonyl (C=O) groups excluding carboxylic acids is 2. The minimum atomic E-state index is -0.227. The average Bonchev–Trinajstić information content (AvgIpc) is 2.50. The van der Waals surface area contributed by atoms with Crippen LogP contribution in [0.5, 0.6) is 0 Å². The number of likely N-dealkylation sites (N-methyl/N-ethyl adjacent to an activating group) is 2. The first-order valence-corrected chi connectivity index (χ1v) is 6.73. The normalized spacial score (nSPS) is 9.52. The highest BCUT2D eigenvalue weighted by Crippen LogP contribution is 2.13. The van der Waals surface area contributed by atoms with Crippen LogP contribution in [0.3, 0.4) is 0 Å². The molecule has 2 amide bonds. The monoisotopic (exact) mass is 288 g/mol. The van der Waals surface area contributed by atoms with E-state index in [4.69, 9.17) is 5.11 Å². The first-order chi connectivity index (χ1) is 10.0. The van der Waals surface area contributed by atoms with Crippen LogP contribution < -0.4 is 5.32 Å². The number of hydrogen-bond donors (Lipinski definition) is 2. The van der Waals surface area contributed by atoms with E-state index < -0.39 is 0 Å². The summed E-state index contributed by atoms with van der Waals surface area (Å²) in [5.41, 5.74) is 2.00. The summed E-state index contributed by atoms with van der Waals surface area (Å²) in [4.78, 5) is 25.5. The number of amides is 2. The van der Waals surface area contributed by atoms with Gasteiger partial charge in [-0.15, -0.1) is 0 Å². The van der Waals surface area contributed by atoms with Crippen LogP contribution in [0.4, 0.5) is 0 Å². The Balaban J connectivity index is 3.06. The molecule has 0 unspecified atom stereocenters. The van der Waals surface area contributed by atoms with Gasteiger partial charge in [-0.25, -0.2) is 0 Å². The van der Waals surface area contributed by atoms with Crippen LogP contribution in [-0.4, -0.2) is 48.6 Å². The van der Waals surface area contributed by atoms with E-state index in [0.717, 1.165) is 5.56 Å². The molecule has 0 spiro atoms. The fourth-order valence-corrected chi connectivity index (χ4v) is 1.82. The van der Waals surface area contributed by atoms with E-state index in [1.807, 2.05) is 19.9 Å². The molecule has 1 aromatic carbocycles. The van der Waals surface area contributed by atoms with Crippen LogP contribution in [0.15, 0.2) is 18.2 Å². The van der Waals surface area contributed by atoms with Crippen molar-refractivity contribution in [1.29, 1.82) is 0 Å². The number of benzene rings is 1. The first kappa shape index (κ1) is 16.7. The fourth-order valence-electron chi connectivity index (χ4n) is 1.82. The van der Waals surface area contributed by atoms with Gasteiger partial charge in [-0.2, -0.15) is 0 Å². The minimum Gasteiger partial charge on any atom is -0.384 e. The zero-order valence-electron chi connectivity index (χ0n) is 12.6. The molecule has 1 aromatic rings. The number of aliphatic hydroxyl groups is 1. The van der Waals surface area contributed by atoms with Crippen LogP contribution in [0.1, 0.15) is 28.4 Å². The Labute approximate surface area is 125 Å². The maximum atomic E-state index is 12.5. The molecule has 0 radical (unpaired) electrons. The summed E-state index contributed by atoms with van der Waals surface area (Å²) in [7, 11) is 1.54. The molecule has 112 valence electrons. The molecule has 0 aliphatic rings. The smallest absolute Gasteiger partial charge is 0.254 e. The summed E-state index contributed by atoms with van der Waals surface area (Å²) in [5.74, 6) is 4.92. The molecule has 0 saturated carbocycles. The van der Waals surface area contributed by atoms with E-state index in [2.05, 4.69) is 17.2 Å². The van der Waals surface area contributed by atoms with Crippen molar-refractivity contribution < 1.29 is 14.7 Å². The Morgan fingerprint density at radius 1 is 1.38 bits per heavy atom. The largest absolute Gasteiger partial charge is 0.384 e. The summed E-state index contributed by atoms with van der Waals surface area (Å²) in [6.07, 6.45) is 0. The van der Waals surface area contributed by atoms with Crippen LogP contribution in [-0.2, 0) is 4.79 Å². The molecule has 1 rings (SSSR count). The third kappa shape index (κ3) is 4.62. The van der Waals surface area contributed by atoms with Gasteiger partial charge in [-0.1, -0.05) is 17.9 Å². The quantitative estimate of drug-likeness (QED) is 0.795. The lowest BCUT2D eigenvalue weighted by Crippen LogP contribution is -2.39. The molecular formula is C16H20N2O3. The van der Waals surface area contributed by atoms with Gasteiger partial charge in [0.2, 0.25) is 5.91 Å². The van der Waals surface area contributed by atoms with Crippen LogP contribution in [0, 0.1) is 18.8 Å². The molecule has 0 saturated heterocycles. The standard InChI is InChI=1S/C16H20N2O3/c1-4-18(11-15(20)17-3)16(21)14-10-13(6-5-9-19)8-7-12(14)2/h7-8,10,19H,4,9,11H2,1-3H3,(H,17,20). The van der Waals surface area contributed by atoms with Crippen molar-refractivity contribution in [2.45, 2.75) is 13.8 Å². The lowest BCUT2D eigenvalue weighted by molar-refractivity contribution is -0.121. The molecule has 5 heteroatoms. The number of aliphatic hydroxyl groups excluding tert-OH is 1. The number of hydrogen-bond acceptors (Lipinski definition) is 3. The number of nitrogens with one attached hydrogen (secondary N) is 1. The number of rotatable bonds is 4. The summed E-state index contributed by atoms with van der Waals surface area (Å²) >= 11 is 0. The molecule has 2 N–H and O–H groups in total. The van der Waals surface area contributed by atoms with E-state index in [9.17, 15) is 9.59 Å². The van der Waals surface area contributed by atoms with Crippen molar-refractivity contribution in [3.63, 3.8) is 0 Å².